The third-order valence-corrected chi connectivity index (χ3v) is 8.85. The SMILES string of the molecule is COc1ccc(C)c(-c2cc(C(F)(F)F)c(F)c([C@H](CC(=O)O)CC(=O)C(CC(C)C)n3cc(CCCN(C)C)c(C(F)(F)F)cc3=O)c2F)c1C. The van der Waals surface area contributed by atoms with Gasteiger partial charge in [0.15, 0.2) is 5.78 Å². The summed E-state index contributed by atoms with van der Waals surface area (Å²) in [7, 11) is 4.72. The lowest BCUT2D eigenvalue weighted by atomic mass is 9.83. The number of aryl methyl sites for hydroxylation is 2. The van der Waals surface area contributed by atoms with Gasteiger partial charge in [-0.15, -0.1) is 0 Å². The Bertz CT molecular complexity index is 1850. The number of nitrogens with zero attached hydrogens (tertiary/aromatic N) is 2. The molecule has 2 atom stereocenters. The van der Waals surface area contributed by atoms with E-state index in [4.69, 9.17) is 4.74 Å². The fourth-order valence-electron chi connectivity index (χ4n) is 6.46. The summed E-state index contributed by atoms with van der Waals surface area (Å²) in [4.78, 5) is 41.1. The van der Waals surface area contributed by atoms with Gasteiger partial charge in [-0.1, -0.05) is 19.9 Å². The second-order valence-electron chi connectivity index (χ2n) is 13.6. The van der Waals surface area contributed by atoms with Gasteiger partial charge >= 0.3 is 18.3 Å². The lowest BCUT2D eigenvalue weighted by molar-refractivity contribution is -0.140. The summed E-state index contributed by atoms with van der Waals surface area (Å²) >= 11 is 0. The van der Waals surface area contributed by atoms with E-state index < -0.39 is 88.4 Å². The highest BCUT2D eigenvalue weighted by Crippen LogP contribution is 2.44. The predicted molar refractivity (Wildman–Crippen MR) is 179 cm³/mol. The number of aliphatic carboxylic acids is 1. The van der Waals surface area contributed by atoms with Crippen LogP contribution in [0.2, 0.25) is 0 Å². The van der Waals surface area contributed by atoms with Gasteiger partial charge in [0.2, 0.25) is 0 Å². The number of Topliss-reactive ketones (excluding diaryl/α,β-unsaturated/α-hetero) is 1. The molecule has 0 amide bonds. The molecular formula is C37H42F8N2O5. The minimum atomic E-state index is -5.38. The maximum atomic E-state index is 16.6. The van der Waals surface area contributed by atoms with Crippen LogP contribution in [0.15, 0.2) is 35.3 Å². The van der Waals surface area contributed by atoms with Crippen LogP contribution in [-0.2, 0) is 28.4 Å². The maximum Gasteiger partial charge on any atom is 0.419 e. The standard InChI is InChI=1S/C37H42F8N2O5/c1-19(2)13-27(47-18-22(9-8-12-46(5)6)25(17-30(47)49)36(40,41)42)28(48)14-23(15-31(50)51)33-34(38)24(16-26(35(33)39)37(43,44)45)32-20(3)10-11-29(52-7)21(32)4/h10-11,16-19,23,27H,8-9,12-15H2,1-7H3,(H,50,51)/t23-,27?/m0/s1. The molecule has 52 heavy (non-hydrogen) atoms. The molecule has 7 nitrogen and oxygen atoms in total. The van der Waals surface area contributed by atoms with Crippen molar-refractivity contribution in [2.24, 2.45) is 5.92 Å². The van der Waals surface area contributed by atoms with E-state index in [0.29, 0.717) is 12.6 Å². The van der Waals surface area contributed by atoms with Crippen molar-refractivity contribution in [2.45, 2.75) is 84.1 Å². The van der Waals surface area contributed by atoms with Gasteiger partial charge in [0, 0.05) is 35.7 Å². The first-order valence-corrected chi connectivity index (χ1v) is 16.4. The first kappa shape index (κ1) is 42.1. The average Bonchev–Trinajstić information content (AvgIpc) is 3.00. The molecule has 1 aromatic heterocycles. The Labute approximate surface area is 296 Å². The van der Waals surface area contributed by atoms with Gasteiger partial charge in [-0.25, -0.2) is 8.78 Å². The van der Waals surface area contributed by atoms with E-state index in [-0.39, 0.29) is 59.3 Å². The van der Waals surface area contributed by atoms with Crippen molar-refractivity contribution in [3.63, 3.8) is 0 Å². The van der Waals surface area contributed by atoms with E-state index in [2.05, 4.69) is 0 Å². The number of benzene rings is 2. The quantitative estimate of drug-likeness (QED) is 0.157. The average molecular weight is 747 g/mol. The summed E-state index contributed by atoms with van der Waals surface area (Å²) < 4.78 is 124. The van der Waals surface area contributed by atoms with Crippen LogP contribution in [0.3, 0.4) is 0 Å². The van der Waals surface area contributed by atoms with Gasteiger partial charge in [-0.05, 0) is 94.1 Å². The first-order chi connectivity index (χ1) is 24.0. The normalized spacial score (nSPS) is 13.5. The fourth-order valence-corrected chi connectivity index (χ4v) is 6.46. The Morgan fingerprint density at radius 3 is 2.08 bits per heavy atom. The topological polar surface area (TPSA) is 88.8 Å². The molecule has 0 radical (unpaired) electrons. The van der Waals surface area contributed by atoms with Crippen molar-refractivity contribution < 1.29 is 54.6 Å². The van der Waals surface area contributed by atoms with E-state index in [1.54, 1.807) is 32.8 Å². The molecule has 3 rings (SSSR count). The molecule has 1 unspecified atom stereocenters. The number of ether oxygens (including phenoxy) is 1. The van der Waals surface area contributed by atoms with Crippen molar-refractivity contribution >= 4 is 11.8 Å². The largest absolute Gasteiger partial charge is 0.496 e. The number of alkyl halides is 6. The Hall–Kier alpha value is -4.27. The monoisotopic (exact) mass is 746 g/mol. The van der Waals surface area contributed by atoms with Crippen LogP contribution in [0.5, 0.6) is 5.75 Å². The molecule has 2 aromatic carbocycles. The highest BCUT2D eigenvalue weighted by atomic mass is 19.4. The number of pyridine rings is 1. The smallest absolute Gasteiger partial charge is 0.419 e. The molecule has 1 N–H and O–H groups in total. The van der Waals surface area contributed by atoms with Crippen molar-refractivity contribution in [2.75, 3.05) is 27.7 Å². The highest BCUT2D eigenvalue weighted by molar-refractivity contribution is 5.85. The second-order valence-corrected chi connectivity index (χ2v) is 13.6. The zero-order chi connectivity index (χ0) is 39.5. The summed E-state index contributed by atoms with van der Waals surface area (Å²) in [6, 6.07) is 2.04. The molecule has 0 saturated heterocycles. The lowest BCUT2D eigenvalue weighted by Gasteiger charge is -2.26. The number of carbonyl (C=O) groups excluding carboxylic acids is 1. The number of rotatable bonds is 15. The number of methoxy groups -OCH3 is 1. The molecule has 0 fully saturated rings. The summed E-state index contributed by atoms with van der Waals surface area (Å²) in [5.74, 6) is -8.56. The molecule has 0 aliphatic carbocycles. The van der Waals surface area contributed by atoms with Crippen molar-refractivity contribution in [3.05, 3.63) is 85.8 Å². The minimum Gasteiger partial charge on any atom is -0.496 e. The Morgan fingerprint density at radius 1 is 0.942 bits per heavy atom. The van der Waals surface area contributed by atoms with Crippen LogP contribution in [0.4, 0.5) is 35.1 Å². The van der Waals surface area contributed by atoms with Gasteiger partial charge in [0.05, 0.1) is 30.7 Å². The molecule has 0 bridgehead atoms. The van der Waals surface area contributed by atoms with Crippen LogP contribution < -0.4 is 10.3 Å². The van der Waals surface area contributed by atoms with Crippen LogP contribution in [0.25, 0.3) is 11.1 Å². The van der Waals surface area contributed by atoms with E-state index in [9.17, 15) is 45.8 Å². The van der Waals surface area contributed by atoms with Crippen LogP contribution in [0, 0.1) is 31.4 Å². The number of ketones is 1. The van der Waals surface area contributed by atoms with Gasteiger partial charge in [0.1, 0.15) is 17.4 Å². The van der Waals surface area contributed by atoms with E-state index in [0.717, 1.165) is 10.8 Å². The van der Waals surface area contributed by atoms with Crippen molar-refractivity contribution in [3.8, 4) is 16.9 Å². The summed E-state index contributed by atoms with van der Waals surface area (Å²) in [6.45, 7) is 6.59. The van der Waals surface area contributed by atoms with Crippen LogP contribution >= 0.6 is 0 Å². The van der Waals surface area contributed by atoms with Gasteiger partial charge in [0.25, 0.3) is 5.56 Å². The Balaban J connectivity index is 2.29. The minimum absolute atomic E-state index is 0.0696. The zero-order valence-electron chi connectivity index (χ0n) is 29.9. The number of halogens is 8. The van der Waals surface area contributed by atoms with Crippen LogP contribution in [-0.4, -0.2) is 54.1 Å². The number of carboxylic acids is 1. The second kappa shape index (κ2) is 16.6. The number of hydrogen-bond donors (Lipinski definition) is 1. The van der Waals surface area contributed by atoms with Gasteiger partial charge in [-0.3, -0.25) is 14.4 Å². The summed E-state index contributed by atoms with van der Waals surface area (Å²) in [6.07, 6.45) is -11.7. The molecule has 3 aromatic rings. The number of carbonyl (C=O) groups is 2. The molecular weight excluding hydrogens is 704 g/mol. The molecule has 0 aliphatic heterocycles. The number of carboxylic acid groups (broad SMARTS) is 1. The zero-order valence-corrected chi connectivity index (χ0v) is 29.9. The maximum absolute atomic E-state index is 16.6. The third kappa shape index (κ3) is 9.78. The van der Waals surface area contributed by atoms with E-state index >= 15 is 8.78 Å². The van der Waals surface area contributed by atoms with Gasteiger partial charge < -0.3 is 19.3 Å². The Kier molecular flexibility index (Phi) is 13.5. The van der Waals surface area contributed by atoms with Crippen molar-refractivity contribution in [1.29, 1.82) is 0 Å². The van der Waals surface area contributed by atoms with Gasteiger partial charge in [-0.2, -0.15) is 26.3 Å². The first-order valence-electron chi connectivity index (χ1n) is 16.4. The molecule has 286 valence electrons. The predicted octanol–water partition coefficient (Wildman–Crippen LogP) is 8.76. The van der Waals surface area contributed by atoms with Crippen LogP contribution in [0.1, 0.15) is 84.9 Å². The molecule has 0 spiro atoms. The third-order valence-electron chi connectivity index (χ3n) is 8.85. The number of hydrogen-bond acceptors (Lipinski definition) is 5. The Morgan fingerprint density at radius 2 is 1.56 bits per heavy atom. The fraction of sp³-hybridized carbons (Fsp3) is 0.486. The van der Waals surface area contributed by atoms with E-state index in [1.807, 2.05) is 0 Å². The highest BCUT2D eigenvalue weighted by Gasteiger charge is 2.41. The molecule has 1 heterocycles. The van der Waals surface area contributed by atoms with Crippen molar-refractivity contribution in [1.82, 2.24) is 9.47 Å². The van der Waals surface area contributed by atoms with E-state index in [1.165, 1.54) is 33.1 Å². The lowest BCUT2D eigenvalue weighted by Crippen LogP contribution is -2.33. The summed E-state index contributed by atoms with van der Waals surface area (Å²) in [5, 5.41) is 9.76. The molecule has 15 heteroatoms. The summed E-state index contributed by atoms with van der Waals surface area (Å²) in [5.41, 5.74) is -6.18. The molecule has 0 saturated carbocycles. The number of aromatic nitrogens is 1. The molecule has 0 aliphatic rings.